The molecule has 1 amide bonds. The molecule has 0 spiro atoms. The maximum absolute atomic E-state index is 12.2. The van der Waals surface area contributed by atoms with Crippen molar-refractivity contribution in [2.75, 3.05) is 7.11 Å². The summed E-state index contributed by atoms with van der Waals surface area (Å²) in [6.45, 7) is 4.41. The number of rotatable bonds is 6. The number of aryl methyl sites for hydroxylation is 2. The second-order valence-electron chi connectivity index (χ2n) is 5.21. The van der Waals surface area contributed by atoms with E-state index in [-0.39, 0.29) is 5.91 Å². The number of amides is 1. The van der Waals surface area contributed by atoms with Crippen LogP contribution in [-0.4, -0.2) is 19.3 Å². The summed E-state index contributed by atoms with van der Waals surface area (Å²) in [5.41, 5.74) is 3.18. The first-order valence-corrected chi connectivity index (χ1v) is 7.18. The second kappa shape index (κ2) is 7.61. The molecular weight excluding hydrogens is 278 g/mol. The minimum atomic E-state index is -0.968. The molecule has 4 heteroatoms. The summed E-state index contributed by atoms with van der Waals surface area (Å²) in [5, 5.41) is 2.81. The van der Waals surface area contributed by atoms with Gasteiger partial charge in [-0.05, 0) is 42.7 Å². The van der Waals surface area contributed by atoms with E-state index >= 15 is 0 Å². The van der Waals surface area contributed by atoms with Crippen LogP contribution in [0.4, 0.5) is 0 Å². The molecule has 0 aromatic heterocycles. The average Bonchev–Trinajstić information content (AvgIpc) is 2.50. The lowest BCUT2D eigenvalue weighted by Gasteiger charge is -2.17. The van der Waals surface area contributed by atoms with Crippen molar-refractivity contribution in [3.8, 4) is 5.75 Å². The quantitative estimate of drug-likeness (QED) is 0.834. The normalized spacial score (nSPS) is 11.8. The Hall–Kier alpha value is -2.33. The molecule has 0 saturated carbocycles. The Bertz CT molecular complexity index is 605. The van der Waals surface area contributed by atoms with E-state index in [4.69, 9.17) is 9.47 Å². The van der Waals surface area contributed by atoms with Crippen molar-refractivity contribution in [3.05, 3.63) is 65.2 Å². The van der Waals surface area contributed by atoms with E-state index in [0.717, 1.165) is 16.7 Å². The fourth-order valence-electron chi connectivity index (χ4n) is 2.20. The maximum atomic E-state index is 12.2. The maximum Gasteiger partial charge on any atom is 0.289 e. The molecule has 0 aliphatic rings. The highest BCUT2D eigenvalue weighted by Gasteiger charge is 2.19. The molecule has 4 nitrogen and oxygen atoms in total. The van der Waals surface area contributed by atoms with E-state index in [2.05, 4.69) is 5.32 Å². The summed E-state index contributed by atoms with van der Waals surface area (Å²) < 4.78 is 10.8. The molecule has 1 unspecified atom stereocenters. The van der Waals surface area contributed by atoms with Crippen molar-refractivity contribution in [1.29, 1.82) is 0 Å². The van der Waals surface area contributed by atoms with Gasteiger partial charge in [0.1, 0.15) is 5.75 Å². The lowest BCUT2D eigenvalue weighted by atomic mass is 10.1. The highest BCUT2D eigenvalue weighted by atomic mass is 16.7. The van der Waals surface area contributed by atoms with E-state index in [9.17, 15) is 4.79 Å². The number of methoxy groups -OCH3 is 1. The molecule has 0 bridgehead atoms. The van der Waals surface area contributed by atoms with Crippen LogP contribution in [0.5, 0.6) is 5.75 Å². The van der Waals surface area contributed by atoms with Crippen molar-refractivity contribution >= 4 is 5.91 Å². The first kappa shape index (κ1) is 16.0. The van der Waals surface area contributed by atoms with E-state index in [1.165, 1.54) is 7.11 Å². The van der Waals surface area contributed by atoms with Gasteiger partial charge in [0.15, 0.2) is 0 Å². The van der Waals surface area contributed by atoms with Gasteiger partial charge in [0.25, 0.3) is 12.2 Å². The fourth-order valence-corrected chi connectivity index (χ4v) is 2.20. The fraction of sp³-hybridized carbons (Fsp3) is 0.278. The van der Waals surface area contributed by atoms with Crippen LogP contribution in [0.2, 0.25) is 0 Å². The number of carbonyl (C=O) groups excluding carboxylic acids is 1. The molecule has 0 aliphatic heterocycles. The number of nitrogens with one attached hydrogen (secondary N) is 1. The van der Waals surface area contributed by atoms with Gasteiger partial charge < -0.3 is 14.8 Å². The van der Waals surface area contributed by atoms with E-state index in [0.29, 0.717) is 12.3 Å². The number of ether oxygens (including phenoxy) is 2. The Morgan fingerprint density at radius 1 is 1.09 bits per heavy atom. The lowest BCUT2D eigenvalue weighted by molar-refractivity contribution is -0.148. The summed E-state index contributed by atoms with van der Waals surface area (Å²) in [7, 11) is 1.45. The molecule has 2 aromatic rings. The van der Waals surface area contributed by atoms with E-state index in [1.807, 2.05) is 62.4 Å². The first-order valence-electron chi connectivity index (χ1n) is 7.18. The molecule has 1 atom stereocenters. The van der Waals surface area contributed by atoms with Gasteiger partial charge >= 0.3 is 0 Å². The smallest absolute Gasteiger partial charge is 0.289 e. The van der Waals surface area contributed by atoms with E-state index < -0.39 is 6.29 Å². The van der Waals surface area contributed by atoms with Gasteiger partial charge in [-0.2, -0.15) is 0 Å². The summed E-state index contributed by atoms with van der Waals surface area (Å²) in [6, 6.07) is 15.5. The molecule has 0 saturated heterocycles. The topological polar surface area (TPSA) is 47.6 Å². The Kier molecular flexibility index (Phi) is 5.55. The summed E-state index contributed by atoms with van der Waals surface area (Å²) in [6.07, 6.45) is -0.968. The molecule has 0 fully saturated rings. The lowest BCUT2D eigenvalue weighted by Crippen LogP contribution is -2.39. The minimum absolute atomic E-state index is 0.300. The van der Waals surface area contributed by atoms with Gasteiger partial charge in [-0.3, -0.25) is 4.79 Å². The predicted molar refractivity (Wildman–Crippen MR) is 85.6 cm³/mol. The molecule has 1 N–H and O–H groups in total. The average molecular weight is 299 g/mol. The molecule has 0 radical (unpaired) electrons. The number of carbonyl (C=O) groups is 1. The number of hydrogen-bond donors (Lipinski definition) is 1. The Balaban J connectivity index is 1.96. The van der Waals surface area contributed by atoms with Crippen LogP contribution in [0.1, 0.15) is 16.7 Å². The van der Waals surface area contributed by atoms with Crippen LogP contribution < -0.4 is 10.1 Å². The third-order valence-electron chi connectivity index (χ3n) is 3.18. The van der Waals surface area contributed by atoms with Crippen molar-refractivity contribution in [1.82, 2.24) is 5.32 Å². The van der Waals surface area contributed by atoms with Crippen LogP contribution in [0.3, 0.4) is 0 Å². The highest BCUT2D eigenvalue weighted by Crippen LogP contribution is 2.18. The summed E-state index contributed by atoms with van der Waals surface area (Å²) in [5.74, 6) is 0.324. The van der Waals surface area contributed by atoms with Crippen LogP contribution in [-0.2, 0) is 16.1 Å². The Morgan fingerprint density at radius 3 is 2.32 bits per heavy atom. The van der Waals surface area contributed by atoms with Gasteiger partial charge in [0, 0.05) is 13.7 Å². The molecule has 116 valence electrons. The van der Waals surface area contributed by atoms with E-state index in [1.54, 1.807) is 0 Å². The highest BCUT2D eigenvalue weighted by molar-refractivity contribution is 5.79. The minimum Gasteiger partial charge on any atom is -0.455 e. The second-order valence-corrected chi connectivity index (χ2v) is 5.21. The summed E-state index contributed by atoms with van der Waals surface area (Å²) >= 11 is 0. The first-order chi connectivity index (χ1) is 10.6. The van der Waals surface area contributed by atoms with Crippen LogP contribution >= 0.6 is 0 Å². The third kappa shape index (κ3) is 4.60. The van der Waals surface area contributed by atoms with Crippen LogP contribution in [0.25, 0.3) is 0 Å². The zero-order chi connectivity index (χ0) is 15.9. The molecule has 0 heterocycles. The third-order valence-corrected chi connectivity index (χ3v) is 3.18. The van der Waals surface area contributed by atoms with Crippen LogP contribution in [0.15, 0.2) is 48.5 Å². The van der Waals surface area contributed by atoms with Crippen molar-refractivity contribution in [3.63, 3.8) is 0 Å². The molecular formula is C18H21NO3. The summed E-state index contributed by atoms with van der Waals surface area (Å²) in [4.78, 5) is 12.2. The van der Waals surface area contributed by atoms with Crippen molar-refractivity contribution < 1.29 is 14.3 Å². The zero-order valence-corrected chi connectivity index (χ0v) is 13.1. The standard InChI is InChI=1S/C18H21NO3/c1-13-9-14(2)11-16(10-13)22-18(21-3)17(20)19-12-15-7-5-4-6-8-15/h4-11,18H,12H2,1-3H3,(H,19,20). The van der Waals surface area contributed by atoms with Gasteiger partial charge in [-0.15, -0.1) is 0 Å². The van der Waals surface area contributed by atoms with Gasteiger partial charge in [-0.25, -0.2) is 0 Å². The SMILES string of the molecule is COC(Oc1cc(C)cc(C)c1)C(=O)NCc1ccccc1. The predicted octanol–water partition coefficient (Wildman–Crippen LogP) is 2.97. The Morgan fingerprint density at radius 2 is 1.73 bits per heavy atom. The van der Waals surface area contributed by atoms with Crippen LogP contribution in [0, 0.1) is 13.8 Å². The zero-order valence-electron chi connectivity index (χ0n) is 13.1. The van der Waals surface area contributed by atoms with Gasteiger partial charge in [-0.1, -0.05) is 36.4 Å². The number of hydrogen-bond acceptors (Lipinski definition) is 3. The Labute approximate surface area is 131 Å². The molecule has 22 heavy (non-hydrogen) atoms. The van der Waals surface area contributed by atoms with Crippen molar-refractivity contribution in [2.45, 2.75) is 26.7 Å². The molecule has 0 aliphatic carbocycles. The van der Waals surface area contributed by atoms with Crippen molar-refractivity contribution in [2.24, 2.45) is 0 Å². The van der Waals surface area contributed by atoms with Gasteiger partial charge in [0.05, 0.1) is 0 Å². The molecule has 2 rings (SSSR count). The largest absolute Gasteiger partial charge is 0.455 e. The van der Waals surface area contributed by atoms with Gasteiger partial charge in [0.2, 0.25) is 0 Å². The monoisotopic (exact) mass is 299 g/mol. The number of benzene rings is 2. The molecule has 2 aromatic carbocycles.